The predicted molar refractivity (Wildman–Crippen MR) is 138 cm³/mol. The van der Waals surface area contributed by atoms with E-state index in [1.54, 1.807) is 0 Å². The highest BCUT2D eigenvalue weighted by molar-refractivity contribution is 5.93. The first-order valence-electron chi connectivity index (χ1n) is 12.9. The van der Waals surface area contributed by atoms with Crippen molar-refractivity contribution in [1.29, 1.82) is 0 Å². The quantitative estimate of drug-likeness (QED) is 0.580. The fourth-order valence-corrected chi connectivity index (χ4v) is 5.06. The lowest BCUT2D eigenvalue weighted by Crippen LogP contribution is -2.49. The topological polar surface area (TPSA) is 74.4 Å². The van der Waals surface area contributed by atoms with Crippen molar-refractivity contribution in [3.8, 4) is 11.5 Å². The highest BCUT2D eigenvalue weighted by Gasteiger charge is 2.31. The van der Waals surface area contributed by atoms with Gasteiger partial charge in [0, 0.05) is 57.4 Å². The monoisotopic (exact) mass is 492 g/mol. The Labute approximate surface area is 213 Å². The van der Waals surface area contributed by atoms with Gasteiger partial charge in [-0.2, -0.15) is 0 Å². The third-order valence-corrected chi connectivity index (χ3v) is 7.34. The number of para-hydroxylation sites is 1. The average Bonchev–Trinajstić information content (AvgIpc) is 3.61. The van der Waals surface area contributed by atoms with Crippen LogP contribution in [0.4, 0.5) is 5.69 Å². The van der Waals surface area contributed by atoms with Crippen molar-refractivity contribution in [2.75, 3.05) is 51.4 Å². The Balaban J connectivity index is 1.07. The lowest BCUT2D eigenvalue weighted by molar-refractivity contribution is -0.133. The van der Waals surface area contributed by atoms with Gasteiger partial charge in [0.25, 0.3) is 0 Å². The van der Waals surface area contributed by atoms with E-state index in [9.17, 15) is 9.59 Å². The van der Waals surface area contributed by atoms with Gasteiger partial charge in [-0.3, -0.25) is 19.4 Å². The summed E-state index contributed by atoms with van der Waals surface area (Å²) in [5.41, 5.74) is 4.22. The second-order valence-electron chi connectivity index (χ2n) is 10.1. The summed E-state index contributed by atoms with van der Waals surface area (Å²) in [7, 11) is 0. The van der Waals surface area contributed by atoms with Crippen molar-refractivity contribution < 1.29 is 19.1 Å². The summed E-state index contributed by atoms with van der Waals surface area (Å²) in [6, 6.07) is 12.5. The summed E-state index contributed by atoms with van der Waals surface area (Å²) in [6.45, 7) is 9.27. The molecule has 1 saturated heterocycles. The third kappa shape index (κ3) is 5.99. The molecule has 0 unspecified atom stereocenters. The Kier molecular flexibility index (Phi) is 7.43. The number of benzene rings is 2. The lowest BCUT2D eigenvalue weighted by atomic mass is 10.1. The molecular formula is C28H36N4O4. The molecule has 2 heterocycles. The molecule has 0 spiro atoms. The molecule has 36 heavy (non-hydrogen) atoms. The first-order chi connectivity index (χ1) is 17.5. The Morgan fingerprint density at radius 3 is 2.44 bits per heavy atom. The molecule has 0 bridgehead atoms. The van der Waals surface area contributed by atoms with Crippen molar-refractivity contribution in [1.82, 2.24) is 14.7 Å². The molecule has 3 aliphatic rings. The summed E-state index contributed by atoms with van der Waals surface area (Å²) in [5, 5.41) is 3.08. The summed E-state index contributed by atoms with van der Waals surface area (Å²) in [6.07, 6.45) is 2.65. The predicted octanol–water partition coefficient (Wildman–Crippen LogP) is 3.17. The highest BCUT2D eigenvalue weighted by atomic mass is 16.7. The molecule has 1 saturated carbocycles. The van der Waals surface area contributed by atoms with Crippen LogP contribution in [-0.2, 0) is 16.1 Å². The van der Waals surface area contributed by atoms with Crippen LogP contribution in [0.1, 0.15) is 36.0 Å². The minimum absolute atomic E-state index is 0.0103. The second kappa shape index (κ2) is 10.9. The molecule has 1 aliphatic carbocycles. The van der Waals surface area contributed by atoms with Gasteiger partial charge in [-0.1, -0.05) is 24.3 Å². The zero-order valence-corrected chi connectivity index (χ0v) is 21.3. The number of ether oxygens (including phenoxy) is 2. The molecule has 8 heteroatoms. The first-order valence-corrected chi connectivity index (χ1v) is 12.9. The van der Waals surface area contributed by atoms with Crippen molar-refractivity contribution in [3.05, 3.63) is 53.1 Å². The van der Waals surface area contributed by atoms with Crippen LogP contribution in [-0.4, -0.2) is 78.6 Å². The van der Waals surface area contributed by atoms with Gasteiger partial charge >= 0.3 is 0 Å². The van der Waals surface area contributed by atoms with Gasteiger partial charge in [-0.15, -0.1) is 0 Å². The normalized spacial score (nSPS) is 17.5. The molecule has 2 fully saturated rings. The molecule has 0 atom stereocenters. The molecule has 8 nitrogen and oxygen atoms in total. The number of hydrogen-bond acceptors (Lipinski definition) is 6. The van der Waals surface area contributed by atoms with Crippen LogP contribution in [0.25, 0.3) is 0 Å². The van der Waals surface area contributed by atoms with E-state index in [4.69, 9.17) is 9.47 Å². The van der Waals surface area contributed by atoms with Crippen molar-refractivity contribution in [2.45, 2.75) is 45.7 Å². The van der Waals surface area contributed by atoms with E-state index < -0.39 is 0 Å². The van der Waals surface area contributed by atoms with Gasteiger partial charge in [-0.05, 0) is 55.5 Å². The maximum absolute atomic E-state index is 13.0. The number of carbonyl (C=O) groups excluding carboxylic acids is 2. The standard InChI is InChI=1S/C28H36N4O4/c1-20-4-3-5-21(2)28(20)29-26(33)18-32(23-7-8-23)11-10-27(34)31-14-12-30(13-15-31)17-22-6-9-24-25(16-22)36-19-35-24/h3-6,9,16,23H,7-8,10-15,17-19H2,1-2H3,(H,29,33). The van der Waals surface area contributed by atoms with Gasteiger partial charge in [0.1, 0.15) is 0 Å². The zero-order valence-electron chi connectivity index (χ0n) is 21.3. The minimum Gasteiger partial charge on any atom is -0.454 e. The fraction of sp³-hybridized carbons (Fsp3) is 0.500. The number of rotatable bonds is 9. The fourth-order valence-electron chi connectivity index (χ4n) is 5.06. The van der Waals surface area contributed by atoms with Gasteiger partial charge in [0.05, 0.1) is 6.54 Å². The number of nitrogens with zero attached hydrogens (tertiary/aromatic N) is 3. The zero-order chi connectivity index (χ0) is 25.1. The molecule has 2 aromatic rings. The Morgan fingerprint density at radius 2 is 1.72 bits per heavy atom. The molecule has 0 aromatic heterocycles. The molecule has 2 aliphatic heterocycles. The van der Waals surface area contributed by atoms with Crippen LogP contribution in [0.15, 0.2) is 36.4 Å². The van der Waals surface area contributed by atoms with Crippen LogP contribution in [0, 0.1) is 13.8 Å². The largest absolute Gasteiger partial charge is 0.454 e. The minimum atomic E-state index is -0.0103. The number of aryl methyl sites for hydroxylation is 2. The van der Waals surface area contributed by atoms with Crippen LogP contribution in [0.3, 0.4) is 0 Å². The van der Waals surface area contributed by atoms with Crippen molar-refractivity contribution in [3.63, 3.8) is 0 Å². The third-order valence-electron chi connectivity index (χ3n) is 7.34. The van der Waals surface area contributed by atoms with E-state index in [1.807, 2.05) is 49.1 Å². The second-order valence-corrected chi connectivity index (χ2v) is 10.1. The van der Waals surface area contributed by atoms with Gasteiger partial charge < -0.3 is 19.7 Å². The molecule has 5 rings (SSSR count). The Hall–Kier alpha value is -3.10. The van der Waals surface area contributed by atoms with Crippen molar-refractivity contribution in [2.24, 2.45) is 0 Å². The van der Waals surface area contributed by atoms with Gasteiger partial charge in [-0.25, -0.2) is 0 Å². The summed E-state index contributed by atoms with van der Waals surface area (Å²) in [4.78, 5) is 32.3. The smallest absolute Gasteiger partial charge is 0.238 e. The number of carbonyl (C=O) groups is 2. The molecule has 0 radical (unpaired) electrons. The van der Waals surface area contributed by atoms with E-state index in [1.165, 1.54) is 5.56 Å². The van der Waals surface area contributed by atoms with Crippen molar-refractivity contribution >= 4 is 17.5 Å². The molecular weight excluding hydrogens is 456 g/mol. The highest BCUT2D eigenvalue weighted by Crippen LogP contribution is 2.33. The number of fused-ring (bicyclic) bond motifs is 1. The van der Waals surface area contributed by atoms with E-state index in [0.717, 1.165) is 73.9 Å². The molecule has 2 aromatic carbocycles. The van der Waals surface area contributed by atoms with Gasteiger partial charge in [0.2, 0.25) is 18.6 Å². The van der Waals surface area contributed by atoms with E-state index in [2.05, 4.69) is 21.2 Å². The van der Waals surface area contributed by atoms with Crippen LogP contribution in [0.2, 0.25) is 0 Å². The number of nitrogens with one attached hydrogen (secondary N) is 1. The Bertz CT molecular complexity index is 1090. The number of piperazine rings is 1. The number of hydrogen-bond donors (Lipinski definition) is 1. The van der Waals surface area contributed by atoms with E-state index in [-0.39, 0.29) is 18.6 Å². The van der Waals surface area contributed by atoms with Crippen LogP contribution in [0.5, 0.6) is 11.5 Å². The number of amides is 2. The van der Waals surface area contributed by atoms with Gasteiger partial charge in [0.15, 0.2) is 11.5 Å². The maximum atomic E-state index is 13.0. The maximum Gasteiger partial charge on any atom is 0.238 e. The molecule has 1 N–H and O–H groups in total. The number of anilines is 1. The average molecular weight is 493 g/mol. The summed E-state index contributed by atoms with van der Waals surface area (Å²) in [5.74, 6) is 1.78. The van der Waals surface area contributed by atoms with E-state index >= 15 is 0 Å². The SMILES string of the molecule is Cc1cccc(C)c1NC(=O)CN(CCC(=O)N1CCN(Cc2ccc3c(c2)OCO3)CC1)C1CC1. The molecule has 2 amide bonds. The lowest BCUT2D eigenvalue weighted by Gasteiger charge is -2.35. The van der Waals surface area contributed by atoms with Crippen LogP contribution >= 0.6 is 0 Å². The molecule has 192 valence electrons. The van der Waals surface area contributed by atoms with Crippen LogP contribution < -0.4 is 14.8 Å². The van der Waals surface area contributed by atoms with E-state index in [0.29, 0.717) is 25.6 Å². The summed E-state index contributed by atoms with van der Waals surface area (Å²) < 4.78 is 10.9. The summed E-state index contributed by atoms with van der Waals surface area (Å²) >= 11 is 0. The first kappa shape index (κ1) is 24.6. The Morgan fingerprint density at radius 1 is 1.00 bits per heavy atom.